The molecular weight excluding hydrogens is 312 g/mol. The van der Waals surface area contributed by atoms with Gasteiger partial charge >= 0.3 is 0 Å². The Labute approximate surface area is 149 Å². The van der Waals surface area contributed by atoms with Crippen molar-refractivity contribution in [3.63, 3.8) is 0 Å². The summed E-state index contributed by atoms with van der Waals surface area (Å²) in [5.41, 5.74) is 3.86. The fraction of sp³-hybridized carbons (Fsp3) is 0.550. The summed E-state index contributed by atoms with van der Waals surface area (Å²) in [5, 5.41) is 11.7. The second-order valence-corrected chi connectivity index (χ2v) is 7.19. The smallest absolute Gasteiger partial charge is 0.103 e. The summed E-state index contributed by atoms with van der Waals surface area (Å²) >= 11 is 0. The topological polar surface area (TPSA) is 51.1 Å². The van der Waals surface area contributed by atoms with Crippen LogP contribution in [0.4, 0.5) is 5.69 Å². The van der Waals surface area contributed by atoms with Crippen molar-refractivity contribution >= 4 is 5.69 Å². The van der Waals surface area contributed by atoms with Gasteiger partial charge in [0.25, 0.3) is 0 Å². The lowest BCUT2D eigenvalue weighted by atomic mass is 9.91. The molecule has 5 heteroatoms. The van der Waals surface area contributed by atoms with E-state index in [4.69, 9.17) is 4.74 Å². The summed E-state index contributed by atoms with van der Waals surface area (Å²) in [5.74, 6) is 0.493. The molecule has 1 fully saturated rings. The number of hydrogen-bond donors (Lipinski definition) is 2. The molecule has 1 unspecified atom stereocenters. The van der Waals surface area contributed by atoms with E-state index >= 15 is 0 Å². The Morgan fingerprint density at radius 3 is 3.04 bits per heavy atom. The molecule has 2 N–H and O–H groups in total. The predicted octanol–water partition coefficient (Wildman–Crippen LogP) is 3.42. The van der Waals surface area contributed by atoms with E-state index < -0.39 is 0 Å². The monoisotopic (exact) mass is 340 g/mol. The van der Waals surface area contributed by atoms with Crippen LogP contribution in [0, 0.1) is 5.92 Å². The molecule has 134 valence electrons. The van der Waals surface area contributed by atoms with Gasteiger partial charge in [-0.05, 0) is 43.4 Å². The summed E-state index contributed by atoms with van der Waals surface area (Å²) in [6.45, 7) is 2.89. The van der Waals surface area contributed by atoms with E-state index in [2.05, 4.69) is 46.1 Å². The Hall–Kier alpha value is -1.85. The number of hydrogen-bond acceptors (Lipinski definition) is 4. The van der Waals surface area contributed by atoms with E-state index in [1.54, 1.807) is 0 Å². The van der Waals surface area contributed by atoms with Crippen molar-refractivity contribution in [3.8, 4) is 0 Å². The molecular formula is C20H28N4O. The van der Waals surface area contributed by atoms with Crippen LogP contribution in [-0.2, 0) is 11.8 Å². The molecule has 0 amide bonds. The van der Waals surface area contributed by atoms with Crippen LogP contribution in [0.3, 0.4) is 0 Å². The van der Waals surface area contributed by atoms with Gasteiger partial charge in [-0.3, -0.25) is 4.68 Å². The maximum Gasteiger partial charge on any atom is 0.103 e. The molecule has 0 radical (unpaired) electrons. The highest BCUT2D eigenvalue weighted by Crippen LogP contribution is 2.34. The van der Waals surface area contributed by atoms with Gasteiger partial charge in [0.05, 0.1) is 5.69 Å². The van der Waals surface area contributed by atoms with Gasteiger partial charge in [0.1, 0.15) is 6.10 Å². The summed E-state index contributed by atoms with van der Waals surface area (Å²) in [6.07, 6.45) is 6.73. The van der Waals surface area contributed by atoms with Gasteiger partial charge in [-0.25, -0.2) is 0 Å². The number of rotatable bonds is 4. The number of aryl methyl sites for hydroxylation is 1. The molecule has 2 aromatic rings. The molecule has 1 saturated heterocycles. The van der Waals surface area contributed by atoms with E-state index in [1.165, 1.54) is 36.2 Å². The van der Waals surface area contributed by atoms with Crippen molar-refractivity contribution in [2.24, 2.45) is 13.0 Å². The van der Waals surface area contributed by atoms with E-state index in [9.17, 15) is 0 Å². The van der Waals surface area contributed by atoms with Crippen LogP contribution in [0.15, 0.2) is 36.5 Å². The van der Waals surface area contributed by atoms with E-state index in [0.717, 1.165) is 26.1 Å². The van der Waals surface area contributed by atoms with Gasteiger partial charge in [-0.15, -0.1) is 0 Å². The highest BCUT2D eigenvalue weighted by molar-refractivity contribution is 5.53. The Kier molecular flexibility index (Phi) is 5.04. The average molecular weight is 340 g/mol. The first-order chi connectivity index (χ1) is 12.3. The number of nitrogens with zero attached hydrogens (tertiary/aromatic N) is 2. The third-order valence-electron chi connectivity index (χ3n) is 5.54. The molecule has 0 saturated carbocycles. The maximum atomic E-state index is 6.14. The Morgan fingerprint density at radius 1 is 1.24 bits per heavy atom. The number of para-hydroxylation sites is 1. The Balaban J connectivity index is 1.47. The van der Waals surface area contributed by atoms with Crippen molar-refractivity contribution in [1.29, 1.82) is 0 Å². The van der Waals surface area contributed by atoms with Crippen molar-refractivity contribution in [3.05, 3.63) is 47.8 Å². The Bertz CT molecular complexity index is 699. The summed E-state index contributed by atoms with van der Waals surface area (Å²) in [7, 11) is 2.00. The lowest BCUT2D eigenvalue weighted by Gasteiger charge is -2.33. The van der Waals surface area contributed by atoms with Crippen LogP contribution in [-0.4, -0.2) is 29.5 Å². The second kappa shape index (κ2) is 7.58. The number of ether oxygens (including phenoxy) is 1. The van der Waals surface area contributed by atoms with Crippen LogP contribution >= 0.6 is 0 Å². The van der Waals surface area contributed by atoms with Gasteiger partial charge in [-0.1, -0.05) is 18.2 Å². The zero-order valence-electron chi connectivity index (χ0n) is 14.9. The van der Waals surface area contributed by atoms with Gasteiger partial charge in [-0.2, -0.15) is 5.10 Å². The average Bonchev–Trinajstić information content (AvgIpc) is 2.96. The Morgan fingerprint density at radius 2 is 2.16 bits per heavy atom. The molecule has 3 atom stereocenters. The quantitative estimate of drug-likeness (QED) is 0.895. The predicted molar refractivity (Wildman–Crippen MR) is 99.5 cm³/mol. The molecule has 3 heterocycles. The van der Waals surface area contributed by atoms with Gasteiger partial charge < -0.3 is 15.4 Å². The number of aromatic nitrogens is 2. The first-order valence-electron chi connectivity index (χ1n) is 9.48. The van der Waals surface area contributed by atoms with Gasteiger partial charge in [0.15, 0.2) is 0 Å². The fourth-order valence-electron chi connectivity index (χ4n) is 4.19. The first kappa shape index (κ1) is 16.6. The zero-order chi connectivity index (χ0) is 17.1. The number of nitrogens with one attached hydrogen (secondary N) is 2. The second-order valence-electron chi connectivity index (χ2n) is 7.19. The summed E-state index contributed by atoms with van der Waals surface area (Å²) in [4.78, 5) is 0. The summed E-state index contributed by atoms with van der Waals surface area (Å²) < 4.78 is 8.09. The fourth-order valence-corrected chi connectivity index (χ4v) is 4.19. The maximum absolute atomic E-state index is 6.14. The molecule has 0 bridgehead atoms. The molecule has 5 nitrogen and oxygen atoms in total. The minimum atomic E-state index is 0.146. The van der Waals surface area contributed by atoms with Crippen LogP contribution < -0.4 is 10.6 Å². The minimum absolute atomic E-state index is 0.146. The van der Waals surface area contributed by atoms with Crippen molar-refractivity contribution in [2.45, 2.75) is 37.8 Å². The van der Waals surface area contributed by atoms with Crippen LogP contribution in [0.2, 0.25) is 0 Å². The molecule has 2 aliphatic rings. The number of fused-ring (bicyclic) bond motifs is 1. The molecule has 0 aliphatic carbocycles. The van der Waals surface area contributed by atoms with Crippen molar-refractivity contribution < 1.29 is 4.74 Å². The third kappa shape index (κ3) is 3.58. The largest absolute Gasteiger partial charge is 0.385 e. The lowest BCUT2D eigenvalue weighted by molar-refractivity contribution is -0.0330. The lowest BCUT2D eigenvalue weighted by Crippen LogP contribution is -2.34. The molecule has 0 spiro atoms. The molecule has 4 rings (SSSR count). The molecule has 1 aromatic carbocycles. The van der Waals surface area contributed by atoms with Gasteiger partial charge in [0.2, 0.25) is 0 Å². The zero-order valence-corrected chi connectivity index (χ0v) is 14.9. The number of benzene rings is 1. The van der Waals surface area contributed by atoms with Crippen LogP contribution in [0.1, 0.15) is 49.1 Å². The standard InChI is InChI=1S/C20H28N4O/c1-24-19(10-12-23-24)20-15(6-5-13-25-20)14-22-18-9-4-11-21-17-8-3-2-7-16(17)18/h2-3,7-8,10,12,15,18,20-22H,4-6,9,11,13-14H2,1H3/t15-,18?,20+/m0/s1. The molecule has 2 aliphatic heterocycles. The normalized spacial score (nSPS) is 26.5. The van der Waals surface area contributed by atoms with Crippen LogP contribution in [0.5, 0.6) is 0 Å². The first-order valence-corrected chi connectivity index (χ1v) is 9.48. The SMILES string of the molecule is Cn1nccc1[C@@H]1OCCC[C@H]1CNC1CCCNc2ccccc21. The number of anilines is 1. The molecule has 25 heavy (non-hydrogen) atoms. The van der Waals surface area contributed by atoms with E-state index in [0.29, 0.717) is 12.0 Å². The summed E-state index contributed by atoms with van der Waals surface area (Å²) in [6, 6.07) is 11.2. The third-order valence-corrected chi connectivity index (χ3v) is 5.54. The van der Waals surface area contributed by atoms with Gasteiger partial charge in [0, 0.05) is 50.6 Å². The molecule has 1 aromatic heterocycles. The minimum Gasteiger partial charge on any atom is -0.385 e. The highest BCUT2D eigenvalue weighted by Gasteiger charge is 2.30. The van der Waals surface area contributed by atoms with E-state index in [-0.39, 0.29) is 6.10 Å². The van der Waals surface area contributed by atoms with Crippen molar-refractivity contribution in [1.82, 2.24) is 15.1 Å². The van der Waals surface area contributed by atoms with E-state index in [1.807, 2.05) is 17.9 Å². The highest BCUT2D eigenvalue weighted by atomic mass is 16.5. The van der Waals surface area contributed by atoms with Crippen LogP contribution in [0.25, 0.3) is 0 Å². The van der Waals surface area contributed by atoms with Crippen molar-refractivity contribution in [2.75, 3.05) is 25.0 Å².